The van der Waals surface area contributed by atoms with Crippen LogP contribution < -0.4 is 15.6 Å². The van der Waals surface area contributed by atoms with Crippen LogP contribution in [0.5, 0.6) is 0 Å². The number of anilines is 1. The third-order valence-electron chi connectivity index (χ3n) is 6.32. The van der Waals surface area contributed by atoms with Gasteiger partial charge in [0.2, 0.25) is 0 Å². The predicted molar refractivity (Wildman–Crippen MR) is 125 cm³/mol. The van der Waals surface area contributed by atoms with Gasteiger partial charge in [0, 0.05) is 69.4 Å². The van der Waals surface area contributed by atoms with Crippen LogP contribution >= 0.6 is 0 Å². The molecule has 1 saturated heterocycles. The Balaban J connectivity index is 1.65. The molecule has 1 fully saturated rings. The summed E-state index contributed by atoms with van der Waals surface area (Å²) in [6.07, 6.45) is 0. The third kappa shape index (κ3) is 4.37. The minimum absolute atomic E-state index is 0.477. The lowest BCUT2D eigenvalue weighted by Crippen LogP contribution is -2.40. The third-order valence-corrected chi connectivity index (χ3v) is 6.32. The van der Waals surface area contributed by atoms with Gasteiger partial charge in [0.05, 0.1) is 5.69 Å². The first kappa shape index (κ1) is 21.2. The SMILES string of the molecule is CNCCN(C)Cc1cccc(-c2cc(C3CNN(C)C3)c3c(n2)N(C(C)C)C3)c1. The normalized spacial score (nSPS) is 18.9. The second-order valence-corrected chi connectivity index (χ2v) is 9.10. The molecule has 0 aliphatic carbocycles. The zero-order valence-electron chi connectivity index (χ0n) is 19.1. The van der Waals surface area contributed by atoms with E-state index in [1.807, 2.05) is 7.05 Å². The maximum absolute atomic E-state index is 5.12. The number of likely N-dealkylation sites (N-methyl/N-ethyl adjacent to an activating group) is 3. The van der Waals surface area contributed by atoms with Crippen molar-refractivity contribution in [2.75, 3.05) is 52.2 Å². The lowest BCUT2D eigenvalue weighted by atomic mass is 9.89. The zero-order valence-corrected chi connectivity index (χ0v) is 19.1. The van der Waals surface area contributed by atoms with Gasteiger partial charge in [-0.15, -0.1) is 0 Å². The van der Waals surface area contributed by atoms with E-state index in [9.17, 15) is 0 Å². The molecule has 3 heterocycles. The fourth-order valence-electron chi connectivity index (χ4n) is 4.53. The molecule has 0 radical (unpaired) electrons. The number of fused-ring (bicyclic) bond motifs is 1. The summed E-state index contributed by atoms with van der Waals surface area (Å²) in [5, 5.41) is 5.43. The van der Waals surface area contributed by atoms with Crippen molar-refractivity contribution in [2.45, 2.75) is 38.9 Å². The van der Waals surface area contributed by atoms with E-state index in [1.54, 1.807) is 0 Å². The molecule has 4 rings (SSSR count). The molecule has 0 spiro atoms. The topological polar surface area (TPSA) is 46.7 Å². The van der Waals surface area contributed by atoms with E-state index >= 15 is 0 Å². The van der Waals surface area contributed by atoms with Crippen molar-refractivity contribution in [3.63, 3.8) is 0 Å². The Labute approximate surface area is 181 Å². The van der Waals surface area contributed by atoms with Gasteiger partial charge in [-0.1, -0.05) is 18.2 Å². The van der Waals surface area contributed by atoms with E-state index in [0.717, 1.165) is 45.0 Å². The number of nitrogens with zero attached hydrogens (tertiary/aromatic N) is 4. The van der Waals surface area contributed by atoms with E-state index in [2.05, 4.69) is 83.8 Å². The molecular formula is C24H36N6. The number of nitrogens with one attached hydrogen (secondary N) is 2. The quantitative estimate of drug-likeness (QED) is 0.700. The summed E-state index contributed by atoms with van der Waals surface area (Å²) < 4.78 is 0. The van der Waals surface area contributed by atoms with E-state index < -0.39 is 0 Å². The van der Waals surface area contributed by atoms with Gasteiger partial charge in [-0.2, -0.15) is 0 Å². The van der Waals surface area contributed by atoms with Crippen molar-refractivity contribution in [1.82, 2.24) is 25.6 Å². The highest BCUT2D eigenvalue weighted by atomic mass is 15.5. The highest BCUT2D eigenvalue weighted by molar-refractivity contribution is 5.70. The number of benzene rings is 1. The van der Waals surface area contributed by atoms with Crippen molar-refractivity contribution >= 4 is 5.82 Å². The Bertz CT molecular complexity index is 880. The van der Waals surface area contributed by atoms with Gasteiger partial charge < -0.3 is 15.1 Å². The second-order valence-electron chi connectivity index (χ2n) is 9.10. The Morgan fingerprint density at radius 3 is 2.83 bits per heavy atom. The average Bonchev–Trinajstić information content (AvgIpc) is 3.13. The van der Waals surface area contributed by atoms with Gasteiger partial charge in [0.1, 0.15) is 5.82 Å². The Morgan fingerprint density at radius 1 is 1.30 bits per heavy atom. The molecular weight excluding hydrogens is 372 g/mol. The first-order chi connectivity index (χ1) is 14.5. The Hall–Kier alpha value is -1.99. The lowest BCUT2D eigenvalue weighted by molar-refractivity contribution is 0.314. The molecule has 1 aromatic carbocycles. The van der Waals surface area contributed by atoms with E-state index in [4.69, 9.17) is 4.98 Å². The standard InChI is InChI=1S/C24H36N6/c1-17(2)30-16-22-21(20-13-26-29(5)15-20)12-23(27-24(22)30)19-8-6-7-18(11-19)14-28(4)10-9-25-3/h6-8,11-12,17,20,25-26H,9-10,13-16H2,1-5H3. The summed E-state index contributed by atoms with van der Waals surface area (Å²) in [6.45, 7) is 10.6. The van der Waals surface area contributed by atoms with E-state index in [1.165, 1.54) is 28.1 Å². The minimum atomic E-state index is 0.477. The van der Waals surface area contributed by atoms with Crippen LogP contribution in [0.25, 0.3) is 11.3 Å². The number of hydrogen-bond acceptors (Lipinski definition) is 6. The monoisotopic (exact) mass is 408 g/mol. The van der Waals surface area contributed by atoms with Crippen LogP contribution in [0.4, 0.5) is 5.82 Å². The van der Waals surface area contributed by atoms with Crippen LogP contribution in [-0.2, 0) is 13.1 Å². The largest absolute Gasteiger partial charge is 0.349 e. The summed E-state index contributed by atoms with van der Waals surface area (Å²) in [6, 6.07) is 11.7. The molecule has 1 aromatic heterocycles. The first-order valence-electron chi connectivity index (χ1n) is 11.1. The van der Waals surface area contributed by atoms with Crippen molar-refractivity contribution in [2.24, 2.45) is 0 Å². The van der Waals surface area contributed by atoms with Gasteiger partial charge in [-0.3, -0.25) is 5.43 Å². The summed E-state index contributed by atoms with van der Waals surface area (Å²) >= 11 is 0. The highest BCUT2D eigenvalue weighted by Crippen LogP contribution is 2.41. The number of aromatic nitrogens is 1. The zero-order chi connectivity index (χ0) is 21.3. The number of hydrazine groups is 1. The lowest BCUT2D eigenvalue weighted by Gasteiger charge is -2.40. The fourth-order valence-corrected chi connectivity index (χ4v) is 4.53. The molecule has 30 heavy (non-hydrogen) atoms. The van der Waals surface area contributed by atoms with Crippen molar-refractivity contribution in [3.8, 4) is 11.3 Å². The molecule has 6 nitrogen and oxygen atoms in total. The summed E-state index contributed by atoms with van der Waals surface area (Å²) in [7, 11) is 6.31. The molecule has 0 amide bonds. The van der Waals surface area contributed by atoms with Gasteiger partial charge in [-0.25, -0.2) is 9.99 Å². The molecule has 2 aromatic rings. The van der Waals surface area contributed by atoms with Crippen molar-refractivity contribution < 1.29 is 0 Å². The maximum Gasteiger partial charge on any atom is 0.135 e. The van der Waals surface area contributed by atoms with Crippen LogP contribution in [0.1, 0.15) is 36.5 Å². The van der Waals surface area contributed by atoms with Crippen LogP contribution in [0.15, 0.2) is 30.3 Å². The van der Waals surface area contributed by atoms with Crippen LogP contribution in [0.3, 0.4) is 0 Å². The van der Waals surface area contributed by atoms with Crippen LogP contribution in [0, 0.1) is 0 Å². The molecule has 2 N–H and O–H groups in total. The van der Waals surface area contributed by atoms with Gasteiger partial charge in [0.15, 0.2) is 0 Å². The smallest absolute Gasteiger partial charge is 0.135 e. The summed E-state index contributed by atoms with van der Waals surface area (Å²) in [5.41, 5.74) is 10.0. The molecule has 1 unspecified atom stereocenters. The van der Waals surface area contributed by atoms with Gasteiger partial charge in [-0.05, 0) is 51.2 Å². The summed E-state index contributed by atoms with van der Waals surface area (Å²) in [4.78, 5) is 9.90. The first-order valence-corrected chi connectivity index (χ1v) is 11.1. The number of pyridine rings is 1. The number of hydrogen-bond donors (Lipinski definition) is 2. The van der Waals surface area contributed by atoms with E-state index in [0.29, 0.717) is 12.0 Å². The van der Waals surface area contributed by atoms with Crippen molar-refractivity contribution in [1.29, 1.82) is 0 Å². The fraction of sp³-hybridized carbons (Fsp3) is 0.542. The highest BCUT2D eigenvalue weighted by Gasteiger charge is 2.34. The number of rotatable bonds is 8. The van der Waals surface area contributed by atoms with E-state index in [-0.39, 0.29) is 0 Å². The van der Waals surface area contributed by atoms with Gasteiger partial charge in [0.25, 0.3) is 0 Å². The minimum Gasteiger partial charge on any atom is -0.349 e. The molecule has 162 valence electrons. The summed E-state index contributed by atoms with van der Waals surface area (Å²) in [5.74, 6) is 1.71. The molecule has 2 aliphatic heterocycles. The van der Waals surface area contributed by atoms with Crippen LogP contribution in [-0.4, -0.2) is 68.3 Å². The maximum atomic E-state index is 5.12. The van der Waals surface area contributed by atoms with Gasteiger partial charge >= 0.3 is 0 Å². The molecule has 6 heteroatoms. The average molecular weight is 409 g/mol. The molecule has 1 atom stereocenters. The van der Waals surface area contributed by atoms with Crippen molar-refractivity contribution in [3.05, 3.63) is 47.0 Å². The second kappa shape index (κ2) is 9.02. The molecule has 2 aliphatic rings. The molecule has 0 saturated carbocycles. The molecule has 0 bridgehead atoms. The predicted octanol–water partition coefficient (Wildman–Crippen LogP) is 2.66. The van der Waals surface area contributed by atoms with Crippen LogP contribution in [0.2, 0.25) is 0 Å². The Kier molecular flexibility index (Phi) is 6.39. The Morgan fingerprint density at radius 2 is 2.13 bits per heavy atom.